The van der Waals surface area contributed by atoms with Crippen LogP contribution >= 0.6 is 0 Å². The zero-order valence-corrected chi connectivity index (χ0v) is 31.8. The van der Waals surface area contributed by atoms with E-state index in [1.807, 2.05) is 18.2 Å². The molecule has 0 bridgehead atoms. The molecule has 1 aliphatic carbocycles. The van der Waals surface area contributed by atoms with E-state index in [-0.39, 0.29) is 5.41 Å². The predicted molar refractivity (Wildman–Crippen MR) is 237 cm³/mol. The van der Waals surface area contributed by atoms with Crippen LogP contribution in [-0.4, -0.2) is 14.4 Å². The summed E-state index contributed by atoms with van der Waals surface area (Å²) in [5, 5.41) is 1.06. The Labute approximate surface area is 332 Å². The summed E-state index contributed by atoms with van der Waals surface area (Å²) in [5.41, 5.74) is 19.2. The minimum Gasteiger partial charge on any atom is -0.310 e. The van der Waals surface area contributed by atoms with E-state index < -0.39 is 0 Å². The first kappa shape index (κ1) is 33.1. The molecule has 10 aromatic rings. The maximum atomic E-state index is 5.19. The molecule has 0 N–H and O–H groups in total. The van der Waals surface area contributed by atoms with Crippen LogP contribution in [0, 0.1) is 0 Å². The smallest absolute Gasteiger partial charge is 0.137 e. The minimum absolute atomic E-state index is 0.0487. The molecule has 4 nitrogen and oxygen atoms in total. The second kappa shape index (κ2) is 12.9. The van der Waals surface area contributed by atoms with Crippen molar-refractivity contribution >= 4 is 44.6 Å². The summed E-state index contributed by atoms with van der Waals surface area (Å²) in [6.45, 7) is 4.67. The van der Waals surface area contributed by atoms with E-state index >= 15 is 0 Å². The van der Waals surface area contributed by atoms with Crippen LogP contribution in [0.3, 0.4) is 0 Å². The number of rotatable bonds is 6. The zero-order chi connectivity index (χ0) is 38.1. The van der Waals surface area contributed by atoms with Gasteiger partial charge in [0.1, 0.15) is 11.2 Å². The highest BCUT2D eigenvalue weighted by Crippen LogP contribution is 2.50. The molecule has 1 aliphatic rings. The lowest BCUT2D eigenvalue weighted by Crippen LogP contribution is -2.15. The van der Waals surface area contributed by atoms with Crippen LogP contribution in [-0.2, 0) is 5.41 Å². The first-order valence-corrected chi connectivity index (χ1v) is 19.6. The van der Waals surface area contributed by atoms with Gasteiger partial charge in [-0.3, -0.25) is 4.40 Å². The van der Waals surface area contributed by atoms with Gasteiger partial charge in [0.05, 0.1) is 16.7 Å². The number of anilines is 3. The van der Waals surface area contributed by atoms with E-state index in [1.165, 1.54) is 33.4 Å². The minimum atomic E-state index is -0.0487. The highest BCUT2D eigenvalue weighted by atomic mass is 15.1. The number of pyridine rings is 2. The van der Waals surface area contributed by atoms with E-state index in [0.29, 0.717) is 0 Å². The lowest BCUT2D eigenvalue weighted by Gasteiger charge is -2.27. The quantitative estimate of drug-likeness (QED) is 0.171. The van der Waals surface area contributed by atoms with Gasteiger partial charge in [-0.1, -0.05) is 147 Å². The molecule has 0 radical (unpaired) electrons. The van der Waals surface area contributed by atoms with Crippen molar-refractivity contribution in [2.75, 3.05) is 4.90 Å². The number of para-hydroxylation sites is 1. The van der Waals surface area contributed by atoms with Crippen molar-refractivity contribution in [3.8, 4) is 44.6 Å². The Morgan fingerprint density at radius 3 is 1.75 bits per heavy atom. The largest absolute Gasteiger partial charge is 0.310 e. The average Bonchev–Trinajstić information content (AvgIpc) is 3.77. The molecule has 270 valence electrons. The SMILES string of the molecule is CC1(C)c2ccccc2-c2cc(N(c3ccc(-c4ccccc4)cc3)c3ccc(-c4ccc(-c5nc6ccccc6c6nc7ccccn7c56)cc4)cc3)ccc21. The fraction of sp³-hybridized carbons (Fsp3) is 0.0566. The standard InChI is InChI=1S/C53H38N4/c1-53(2)46-16-8-6-14-43(46)45-34-42(31-32-47(45)53)57(40-27-23-37(24-28-40)35-12-4-3-5-13-35)41-29-25-38(26-30-41)36-19-21-39(22-20-36)50-52-51(44-15-7-9-17-48(44)54-50)55-49-18-10-11-33-56(49)52/h3-34H,1-2H3. The van der Waals surface area contributed by atoms with Gasteiger partial charge in [-0.05, 0) is 99.1 Å². The predicted octanol–water partition coefficient (Wildman–Crippen LogP) is 13.8. The summed E-state index contributed by atoms with van der Waals surface area (Å²) in [4.78, 5) is 12.6. The summed E-state index contributed by atoms with van der Waals surface area (Å²) >= 11 is 0. The van der Waals surface area contributed by atoms with E-state index in [9.17, 15) is 0 Å². The van der Waals surface area contributed by atoms with Gasteiger partial charge in [-0.15, -0.1) is 0 Å². The van der Waals surface area contributed by atoms with Crippen molar-refractivity contribution in [3.05, 3.63) is 205 Å². The fourth-order valence-electron chi connectivity index (χ4n) is 8.91. The number of nitrogens with zero attached hydrogens (tertiary/aromatic N) is 4. The van der Waals surface area contributed by atoms with Crippen LogP contribution < -0.4 is 4.90 Å². The number of hydrogen-bond acceptors (Lipinski definition) is 3. The van der Waals surface area contributed by atoms with Crippen LogP contribution in [0.25, 0.3) is 72.2 Å². The van der Waals surface area contributed by atoms with Crippen LogP contribution in [0.1, 0.15) is 25.0 Å². The molecule has 3 heterocycles. The third kappa shape index (κ3) is 5.37. The summed E-state index contributed by atoms with van der Waals surface area (Å²) in [5.74, 6) is 0. The molecular formula is C53H38N4. The Morgan fingerprint density at radius 2 is 1.02 bits per heavy atom. The van der Waals surface area contributed by atoms with Gasteiger partial charge in [0.15, 0.2) is 0 Å². The number of hydrogen-bond donors (Lipinski definition) is 0. The lowest BCUT2D eigenvalue weighted by atomic mass is 9.82. The number of imidazole rings is 1. The molecule has 11 rings (SSSR count). The molecule has 4 heteroatoms. The molecule has 3 aromatic heterocycles. The Hall–Kier alpha value is -7.30. The monoisotopic (exact) mass is 730 g/mol. The molecule has 0 atom stereocenters. The molecule has 0 saturated heterocycles. The van der Waals surface area contributed by atoms with Gasteiger partial charge in [-0.25, -0.2) is 9.97 Å². The highest BCUT2D eigenvalue weighted by Gasteiger charge is 2.35. The summed E-state index contributed by atoms with van der Waals surface area (Å²) in [6, 6.07) is 67.5. The van der Waals surface area contributed by atoms with Crippen molar-refractivity contribution in [3.63, 3.8) is 0 Å². The summed E-state index contributed by atoms with van der Waals surface area (Å²) < 4.78 is 2.15. The van der Waals surface area contributed by atoms with Gasteiger partial charge < -0.3 is 4.90 Å². The maximum Gasteiger partial charge on any atom is 0.137 e. The maximum absolute atomic E-state index is 5.19. The number of benzene rings is 7. The number of aromatic nitrogens is 3. The Morgan fingerprint density at radius 1 is 0.456 bits per heavy atom. The van der Waals surface area contributed by atoms with Crippen LogP contribution in [0.4, 0.5) is 17.1 Å². The van der Waals surface area contributed by atoms with Crippen LogP contribution in [0.5, 0.6) is 0 Å². The van der Waals surface area contributed by atoms with Gasteiger partial charge in [0.25, 0.3) is 0 Å². The highest BCUT2D eigenvalue weighted by molar-refractivity contribution is 6.09. The summed E-state index contributed by atoms with van der Waals surface area (Å²) in [6.07, 6.45) is 2.07. The van der Waals surface area contributed by atoms with Gasteiger partial charge >= 0.3 is 0 Å². The molecule has 0 aliphatic heterocycles. The van der Waals surface area contributed by atoms with E-state index in [1.54, 1.807) is 0 Å². The van der Waals surface area contributed by atoms with E-state index in [0.717, 1.165) is 67.0 Å². The van der Waals surface area contributed by atoms with E-state index in [2.05, 4.69) is 199 Å². The first-order valence-electron chi connectivity index (χ1n) is 19.6. The van der Waals surface area contributed by atoms with Crippen LogP contribution in [0.15, 0.2) is 194 Å². The second-order valence-electron chi connectivity index (χ2n) is 15.5. The van der Waals surface area contributed by atoms with Crippen molar-refractivity contribution in [1.29, 1.82) is 0 Å². The molecular weight excluding hydrogens is 693 g/mol. The topological polar surface area (TPSA) is 33.4 Å². The Balaban J connectivity index is 0.975. The van der Waals surface area contributed by atoms with Crippen molar-refractivity contribution < 1.29 is 0 Å². The van der Waals surface area contributed by atoms with Crippen molar-refractivity contribution in [2.45, 2.75) is 19.3 Å². The third-order valence-electron chi connectivity index (χ3n) is 11.8. The lowest BCUT2D eigenvalue weighted by molar-refractivity contribution is 0.660. The zero-order valence-electron chi connectivity index (χ0n) is 31.8. The van der Waals surface area contributed by atoms with Crippen LogP contribution in [0.2, 0.25) is 0 Å². The van der Waals surface area contributed by atoms with E-state index in [4.69, 9.17) is 9.97 Å². The molecule has 7 aromatic carbocycles. The summed E-state index contributed by atoms with van der Waals surface area (Å²) in [7, 11) is 0. The Bertz CT molecular complexity index is 3120. The normalized spacial score (nSPS) is 12.9. The molecule has 0 unspecified atom stereocenters. The van der Waals surface area contributed by atoms with Crippen molar-refractivity contribution in [1.82, 2.24) is 14.4 Å². The second-order valence-corrected chi connectivity index (χ2v) is 15.5. The van der Waals surface area contributed by atoms with Crippen molar-refractivity contribution in [2.24, 2.45) is 0 Å². The fourth-order valence-corrected chi connectivity index (χ4v) is 8.91. The number of fused-ring (bicyclic) bond motifs is 8. The van der Waals surface area contributed by atoms with Gasteiger partial charge in [-0.2, -0.15) is 0 Å². The average molecular weight is 731 g/mol. The van der Waals surface area contributed by atoms with Gasteiger partial charge in [0.2, 0.25) is 0 Å². The third-order valence-corrected chi connectivity index (χ3v) is 11.8. The molecule has 0 amide bonds. The molecule has 57 heavy (non-hydrogen) atoms. The molecule has 0 spiro atoms. The first-order chi connectivity index (χ1) is 28.0. The van der Waals surface area contributed by atoms with Gasteiger partial charge in [0, 0.05) is 39.6 Å². The molecule has 0 fully saturated rings. The Kier molecular flexibility index (Phi) is 7.48. The molecule has 0 saturated carbocycles.